The number of piperidine rings is 1. The molecule has 178 valence electrons. The third kappa shape index (κ3) is 4.67. The first-order valence-electron chi connectivity index (χ1n) is 11.0. The van der Waals surface area contributed by atoms with Crippen LogP contribution in [-0.4, -0.2) is 50.5 Å². The van der Waals surface area contributed by atoms with Gasteiger partial charge in [-0.2, -0.15) is 13.2 Å². The van der Waals surface area contributed by atoms with E-state index in [-0.39, 0.29) is 17.5 Å². The smallest absolute Gasteiger partial charge is 0.406 e. The summed E-state index contributed by atoms with van der Waals surface area (Å²) in [5, 5.41) is 0. The number of esters is 1. The summed E-state index contributed by atoms with van der Waals surface area (Å²) in [7, 11) is 3.15. The van der Waals surface area contributed by atoms with E-state index in [9.17, 15) is 18.0 Å². The van der Waals surface area contributed by atoms with Crippen molar-refractivity contribution in [1.82, 2.24) is 4.90 Å². The maximum atomic E-state index is 13.8. The molecule has 0 aromatic heterocycles. The third-order valence-corrected chi connectivity index (χ3v) is 6.69. The summed E-state index contributed by atoms with van der Waals surface area (Å²) in [6.07, 6.45) is -4.09. The van der Waals surface area contributed by atoms with Crippen molar-refractivity contribution in [2.75, 3.05) is 27.3 Å². The first-order chi connectivity index (χ1) is 15.7. The fraction of sp³-hybridized carbons (Fsp3) is 0.480. The molecule has 33 heavy (non-hydrogen) atoms. The molecule has 1 fully saturated rings. The maximum absolute atomic E-state index is 13.8. The van der Waals surface area contributed by atoms with Gasteiger partial charge in [-0.3, -0.25) is 9.69 Å². The summed E-state index contributed by atoms with van der Waals surface area (Å²) in [6.45, 7) is 3.38. The van der Waals surface area contributed by atoms with E-state index in [1.54, 1.807) is 20.3 Å². The van der Waals surface area contributed by atoms with Gasteiger partial charge in [-0.15, -0.1) is 0 Å². The van der Waals surface area contributed by atoms with Crippen molar-refractivity contribution in [1.29, 1.82) is 0 Å². The minimum atomic E-state index is -4.73. The number of ether oxygens (including phenoxy) is 3. The number of rotatable bonds is 5. The van der Waals surface area contributed by atoms with Crippen LogP contribution in [0.15, 0.2) is 42.5 Å². The van der Waals surface area contributed by atoms with Gasteiger partial charge in [0.15, 0.2) is 17.4 Å². The lowest BCUT2D eigenvalue weighted by atomic mass is 9.82. The lowest BCUT2D eigenvalue weighted by Gasteiger charge is -2.46. The summed E-state index contributed by atoms with van der Waals surface area (Å²) in [6, 6.07) is 11.0. The SMILES string of the molecule is COc1cc2c(cc1OC)[C@H]1C[C@H](OC(=O)[C@@H](c3ccccc3)C(F)(F)F)[C@@H](C)CN1CC2. The Balaban J connectivity index is 1.58. The Kier molecular flexibility index (Phi) is 6.56. The Morgan fingerprint density at radius 2 is 1.76 bits per heavy atom. The molecule has 1 saturated heterocycles. The summed E-state index contributed by atoms with van der Waals surface area (Å²) in [5.41, 5.74) is 2.05. The Morgan fingerprint density at radius 1 is 1.09 bits per heavy atom. The zero-order chi connectivity index (χ0) is 23.8. The van der Waals surface area contributed by atoms with Crippen molar-refractivity contribution in [3.05, 3.63) is 59.2 Å². The zero-order valence-electron chi connectivity index (χ0n) is 18.9. The van der Waals surface area contributed by atoms with Gasteiger partial charge in [-0.25, -0.2) is 0 Å². The Labute approximate surface area is 191 Å². The monoisotopic (exact) mass is 463 g/mol. The highest BCUT2D eigenvalue weighted by Crippen LogP contribution is 2.44. The number of hydrogen-bond acceptors (Lipinski definition) is 5. The molecule has 0 unspecified atom stereocenters. The Bertz CT molecular complexity index is 995. The molecule has 0 spiro atoms. The standard InChI is InChI=1S/C25H28F3NO4/c1-15-14-29-10-9-17-11-21(31-2)22(32-3)12-18(17)19(29)13-20(15)33-24(30)23(25(26,27)28)16-7-5-4-6-8-16/h4-8,11-12,15,19-20,23H,9-10,13-14H2,1-3H3/t15-,19+,20-,23+/m0/s1. The van der Waals surface area contributed by atoms with Crippen molar-refractivity contribution in [3.63, 3.8) is 0 Å². The molecule has 2 aromatic rings. The van der Waals surface area contributed by atoms with Gasteiger partial charge in [0.2, 0.25) is 0 Å². The molecule has 5 nitrogen and oxygen atoms in total. The number of benzene rings is 2. The van der Waals surface area contributed by atoms with E-state index in [1.165, 1.54) is 24.3 Å². The largest absolute Gasteiger partial charge is 0.493 e. The van der Waals surface area contributed by atoms with E-state index in [1.807, 2.05) is 19.1 Å². The van der Waals surface area contributed by atoms with E-state index < -0.39 is 24.2 Å². The summed E-state index contributed by atoms with van der Waals surface area (Å²) in [4.78, 5) is 15.1. The van der Waals surface area contributed by atoms with Crippen LogP contribution in [0.5, 0.6) is 11.5 Å². The fourth-order valence-electron chi connectivity index (χ4n) is 5.00. The number of carbonyl (C=O) groups excluding carboxylic acids is 1. The van der Waals surface area contributed by atoms with E-state index >= 15 is 0 Å². The molecule has 0 saturated carbocycles. The van der Waals surface area contributed by atoms with Crippen LogP contribution in [0.3, 0.4) is 0 Å². The number of fused-ring (bicyclic) bond motifs is 3. The third-order valence-electron chi connectivity index (χ3n) is 6.69. The van der Waals surface area contributed by atoms with Crippen molar-refractivity contribution in [2.24, 2.45) is 5.92 Å². The van der Waals surface area contributed by atoms with E-state index in [2.05, 4.69) is 4.90 Å². The van der Waals surface area contributed by atoms with Crippen LogP contribution in [0.1, 0.15) is 42.0 Å². The first kappa shape index (κ1) is 23.4. The van der Waals surface area contributed by atoms with Crippen LogP contribution >= 0.6 is 0 Å². The van der Waals surface area contributed by atoms with Gasteiger partial charge in [0.05, 0.1) is 14.2 Å². The second kappa shape index (κ2) is 9.25. The summed E-state index contributed by atoms with van der Waals surface area (Å²) in [5.74, 6) is -2.38. The van der Waals surface area contributed by atoms with Crippen molar-refractivity contribution in [2.45, 2.75) is 44.0 Å². The molecule has 2 heterocycles. The molecule has 2 aliphatic rings. The predicted octanol–water partition coefficient (Wildman–Crippen LogP) is 4.90. The number of halogens is 3. The zero-order valence-corrected chi connectivity index (χ0v) is 18.9. The lowest BCUT2D eigenvalue weighted by molar-refractivity contribution is -0.189. The van der Waals surface area contributed by atoms with Gasteiger partial charge < -0.3 is 14.2 Å². The molecule has 0 bridgehead atoms. The molecular formula is C25H28F3NO4. The molecule has 0 aliphatic carbocycles. The van der Waals surface area contributed by atoms with E-state index in [0.29, 0.717) is 24.5 Å². The van der Waals surface area contributed by atoms with Gasteiger partial charge in [-0.1, -0.05) is 37.3 Å². The van der Waals surface area contributed by atoms with E-state index in [0.717, 1.165) is 24.1 Å². The molecule has 8 heteroatoms. The fourth-order valence-corrected chi connectivity index (χ4v) is 5.00. The molecule has 4 atom stereocenters. The normalized spacial score (nSPS) is 23.8. The number of methoxy groups -OCH3 is 2. The molecule has 0 N–H and O–H groups in total. The number of carbonyl (C=O) groups is 1. The second-order valence-corrected chi connectivity index (χ2v) is 8.74. The number of nitrogens with zero attached hydrogens (tertiary/aromatic N) is 1. The van der Waals surface area contributed by atoms with Crippen LogP contribution in [0, 0.1) is 5.92 Å². The van der Waals surface area contributed by atoms with E-state index in [4.69, 9.17) is 14.2 Å². The number of hydrogen-bond donors (Lipinski definition) is 0. The predicted molar refractivity (Wildman–Crippen MR) is 116 cm³/mol. The average Bonchev–Trinajstić information content (AvgIpc) is 2.78. The van der Waals surface area contributed by atoms with Crippen LogP contribution in [0.4, 0.5) is 13.2 Å². The van der Waals surface area contributed by atoms with Gasteiger partial charge in [0.25, 0.3) is 0 Å². The quantitative estimate of drug-likeness (QED) is 0.591. The molecular weight excluding hydrogens is 435 g/mol. The van der Waals surface area contributed by atoms with Crippen LogP contribution in [0.25, 0.3) is 0 Å². The second-order valence-electron chi connectivity index (χ2n) is 8.74. The van der Waals surface area contributed by atoms with Crippen LogP contribution < -0.4 is 9.47 Å². The Morgan fingerprint density at radius 3 is 2.39 bits per heavy atom. The van der Waals surface area contributed by atoms with Crippen molar-refractivity contribution < 1.29 is 32.2 Å². The van der Waals surface area contributed by atoms with Gasteiger partial charge in [-0.05, 0) is 35.2 Å². The molecule has 2 aromatic carbocycles. The summed E-state index contributed by atoms with van der Waals surface area (Å²) >= 11 is 0. The molecule has 0 radical (unpaired) electrons. The highest BCUT2D eigenvalue weighted by molar-refractivity contribution is 5.79. The maximum Gasteiger partial charge on any atom is 0.406 e. The highest BCUT2D eigenvalue weighted by atomic mass is 19.4. The minimum absolute atomic E-state index is 0.0661. The van der Waals surface area contributed by atoms with Crippen LogP contribution in [-0.2, 0) is 16.0 Å². The lowest BCUT2D eigenvalue weighted by Crippen LogP contribution is -2.49. The number of alkyl halides is 3. The van der Waals surface area contributed by atoms with Crippen molar-refractivity contribution >= 4 is 5.97 Å². The van der Waals surface area contributed by atoms with Gasteiger partial charge >= 0.3 is 12.1 Å². The molecule has 2 aliphatic heterocycles. The van der Waals surface area contributed by atoms with Crippen molar-refractivity contribution in [3.8, 4) is 11.5 Å². The topological polar surface area (TPSA) is 48.0 Å². The summed E-state index contributed by atoms with van der Waals surface area (Å²) < 4.78 is 57.8. The van der Waals surface area contributed by atoms with Crippen LogP contribution in [0.2, 0.25) is 0 Å². The molecule has 4 rings (SSSR count). The first-order valence-corrected chi connectivity index (χ1v) is 11.0. The Hall–Kier alpha value is -2.74. The average molecular weight is 463 g/mol. The van der Waals surface area contributed by atoms with Gasteiger partial charge in [0.1, 0.15) is 6.10 Å². The van der Waals surface area contributed by atoms with Gasteiger partial charge in [0, 0.05) is 31.5 Å². The highest BCUT2D eigenvalue weighted by Gasteiger charge is 2.49. The minimum Gasteiger partial charge on any atom is -0.493 e. The molecule has 0 amide bonds.